The molecule has 0 fully saturated rings. The van der Waals surface area contributed by atoms with Crippen LogP contribution < -0.4 is 16.4 Å². The van der Waals surface area contributed by atoms with Gasteiger partial charge in [-0.2, -0.15) is 15.0 Å². The number of hydrogen-bond donors (Lipinski definition) is 3. The highest BCUT2D eigenvalue weighted by Gasteiger charge is 2.32. The predicted molar refractivity (Wildman–Crippen MR) is 79.6 cm³/mol. The zero-order chi connectivity index (χ0) is 15.5. The van der Waals surface area contributed by atoms with Crippen molar-refractivity contribution in [3.05, 3.63) is 5.82 Å². The summed E-state index contributed by atoms with van der Waals surface area (Å²) in [5.74, 6) is 0.471. The second-order valence-electron chi connectivity index (χ2n) is 5.01. The van der Waals surface area contributed by atoms with E-state index in [0.29, 0.717) is 17.5 Å². The van der Waals surface area contributed by atoms with Crippen LogP contribution in [0.4, 0.5) is 11.9 Å². The molecule has 0 aliphatic rings. The molecule has 0 bridgehead atoms. The van der Waals surface area contributed by atoms with Crippen molar-refractivity contribution < 1.29 is 9.90 Å². The van der Waals surface area contributed by atoms with Gasteiger partial charge >= 0.3 is 5.97 Å². The number of carboxylic acid groups (broad SMARTS) is 1. The van der Waals surface area contributed by atoms with Gasteiger partial charge in [-0.3, -0.25) is 4.79 Å². The maximum absolute atomic E-state index is 10.9. The average molecular weight is 300 g/mol. The number of nitrogen functional groups attached to an aromatic ring is 1. The van der Waals surface area contributed by atoms with E-state index < -0.39 is 16.8 Å². The third-order valence-corrected chi connectivity index (χ3v) is 4.08. The van der Waals surface area contributed by atoms with Gasteiger partial charge in [0.2, 0.25) is 11.9 Å². The van der Waals surface area contributed by atoms with E-state index in [2.05, 4.69) is 15.0 Å². The number of rotatable bonds is 6. The van der Waals surface area contributed by atoms with Gasteiger partial charge < -0.3 is 21.5 Å². The first-order valence-corrected chi connectivity index (χ1v) is 6.92. The number of hydrogen-bond acceptors (Lipinski definition) is 8. The molecule has 20 heavy (non-hydrogen) atoms. The molecule has 0 unspecified atom stereocenters. The van der Waals surface area contributed by atoms with Gasteiger partial charge in [-0.05, 0) is 13.8 Å². The van der Waals surface area contributed by atoms with Gasteiger partial charge in [0.25, 0.3) is 0 Å². The Morgan fingerprint density at radius 3 is 2.50 bits per heavy atom. The third kappa shape index (κ3) is 4.20. The first-order chi connectivity index (χ1) is 9.13. The second-order valence-corrected chi connectivity index (χ2v) is 6.64. The minimum absolute atomic E-state index is 0.139. The first-order valence-electron chi connectivity index (χ1n) is 5.93. The molecule has 112 valence electrons. The van der Waals surface area contributed by atoms with Crippen LogP contribution in [0.5, 0.6) is 0 Å². The monoisotopic (exact) mass is 300 g/mol. The fraction of sp³-hybridized carbons (Fsp3) is 0.636. The Bertz CT molecular complexity index is 494. The molecule has 1 aromatic rings. The molecule has 1 aromatic heterocycles. The lowest BCUT2D eigenvalue weighted by atomic mass is 10.1. The van der Waals surface area contributed by atoms with Gasteiger partial charge in [0, 0.05) is 18.8 Å². The normalized spacial score (nSPS) is 13.1. The summed E-state index contributed by atoms with van der Waals surface area (Å²) in [6.45, 7) is 3.54. The average Bonchev–Trinajstić information content (AvgIpc) is 2.34. The lowest BCUT2D eigenvalue weighted by Crippen LogP contribution is -2.46. The molecular formula is C11H20N6O2S. The smallest absolute Gasteiger partial charge is 0.321 e. The number of thioether (sulfide) groups is 1. The van der Waals surface area contributed by atoms with Crippen molar-refractivity contribution in [3.63, 3.8) is 0 Å². The highest BCUT2D eigenvalue weighted by Crippen LogP contribution is 2.30. The molecule has 0 aliphatic carbocycles. The summed E-state index contributed by atoms with van der Waals surface area (Å²) in [4.78, 5) is 25.0. The lowest BCUT2D eigenvalue weighted by Gasteiger charge is -2.27. The van der Waals surface area contributed by atoms with Crippen LogP contribution in [0.2, 0.25) is 0 Å². The molecule has 9 heteroatoms. The molecule has 1 atom stereocenters. The Labute approximate surface area is 122 Å². The molecule has 0 aromatic carbocycles. The molecule has 1 heterocycles. The maximum Gasteiger partial charge on any atom is 0.321 e. The topological polar surface area (TPSA) is 131 Å². The Hall–Kier alpha value is -1.61. The van der Waals surface area contributed by atoms with E-state index in [1.54, 1.807) is 32.8 Å². The zero-order valence-corrected chi connectivity index (χ0v) is 12.8. The van der Waals surface area contributed by atoms with Gasteiger partial charge in [0.15, 0.2) is 0 Å². The van der Waals surface area contributed by atoms with E-state index in [1.165, 1.54) is 11.8 Å². The van der Waals surface area contributed by atoms with Crippen molar-refractivity contribution >= 4 is 29.6 Å². The van der Waals surface area contributed by atoms with Gasteiger partial charge in [0.05, 0.1) is 5.75 Å². The van der Waals surface area contributed by atoms with Crippen LogP contribution in [0.3, 0.4) is 0 Å². The van der Waals surface area contributed by atoms with E-state index in [4.69, 9.17) is 16.6 Å². The van der Waals surface area contributed by atoms with E-state index in [-0.39, 0.29) is 5.95 Å². The molecule has 5 N–H and O–H groups in total. The third-order valence-electron chi connectivity index (χ3n) is 2.68. The van der Waals surface area contributed by atoms with Crippen LogP contribution in [0.1, 0.15) is 19.7 Å². The number of nitrogens with two attached hydrogens (primary N) is 2. The van der Waals surface area contributed by atoms with Gasteiger partial charge in [0.1, 0.15) is 11.9 Å². The number of carbonyl (C=O) groups is 1. The summed E-state index contributed by atoms with van der Waals surface area (Å²) in [5, 5.41) is 8.97. The molecule has 0 aliphatic heterocycles. The van der Waals surface area contributed by atoms with Crippen molar-refractivity contribution in [2.45, 2.75) is 30.4 Å². The largest absolute Gasteiger partial charge is 0.480 e. The minimum Gasteiger partial charge on any atom is -0.480 e. The van der Waals surface area contributed by atoms with Crippen LogP contribution in [0, 0.1) is 0 Å². The summed E-state index contributed by atoms with van der Waals surface area (Å²) in [7, 11) is 3.60. The summed E-state index contributed by atoms with van der Waals surface area (Å²) in [6.07, 6.45) is 0. The fourth-order valence-corrected chi connectivity index (χ4v) is 2.24. The number of nitrogens with zero attached hydrogens (tertiary/aromatic N) is 4. The van der Waals surface area contributed by atoms with Crippen LogP contribution >= 0.6 is 11.8 Å². The first kappa shape index (κ1) is 16.4. The Balaban J connectivity index is 2.82. The molecule has 0 amide bonds. The number of carboxylic acids is 1. The number of anilines is 2. The molecule has 0 spiro atoms. The maximum atomic E-state index is 10.9. The van der Waals surface area contributed by atoms with Crippen LogP contribution in [0.25, 0.3) is 0 Å². The zero-order valence-electron chi connectivity index (χ0n) is 12.0. The summed E-state index contributed by atoms with van der Waals surface area (Å²) in [6, 6.07) is -0.972. The summed E-state index contributed by atoms with van der Waals surface area (Å²) in [5.41, 5.74) is 11.3. The molecular weight excluding hydrogens is 280 g/mol. The molecule has 0 radical (unpaired) electrons. The quantitative estimate of drug-likeness (QED) is 0.661. The fourth-order valence-electron chi connectivity index (χ4n) is 1.33. The van der Waals surface area contributed by atoms with Crippen LogP contribution in [0.15, 0.2) is 0 Å². The Kier molecular flexibility index (Phi) is 5.12. The van der Waals surface area contributed by atoms with E-state index >= 15 is 0 Å². The number of aliphatic carboxylic acids is 1. The molecule has 0 saturated carbocycles. The molecule has 8 nitrogen and oxygen atoms in total. The van der Waals surface area contributed by atoms with Crippen molar-refractivity contribution in [1.29, 1.82) is 0 Å². The van der Waals surface area contributed by atoms with Crippen LogP contribution in [-0.4, -0.2) is 50.9 Å². The van der Waals surface area contributed by atoms with Crippen molar-refractivity contribution in [2.75, 3.05) is 24.7 Å². The van der Waals surface area contributed by atoms with Crippen molar-refractivity contribution in [3.8, 4) is 0 Å². The lowest BCUT2D eigenvalue weighted by molar-refractivity contribution is -0.139. The standard InChI is InChI=1S/C11H20N6O2S/c1-11(2,7(12)8(18)19)20-5-6-14-9(13)16-10(15-6)17(3)4/h7H,5,12H2,1-4H3,(H,18,19)(H2,13,14,15,16)/t7-/m1/s1. The molecule has 0 saturated heterocycles. The van der Waals surface area contributed by atoms with Gasteiger partial charge in [-0.15, -0.1) is 11.8 Å². The second kappa shape index (κ2) is 6.23. The number of aromatic nitrogens is 3. The van der Waals surface area contributed by atoms with E-state index in [0.717, 1.165) is 0 Å². The Morgan fingerprint density at radius 2 is 2.00 bits per heavy atom. The van der Waals surface area contributed by atoms with E-state index in [1.807, 2.05) is 0 Å². The molecule has 1 rings (SSSR count). The van der Waals surface area contributed by atoms with Gasteiger partial charge in [-0.1, -0.05) is 0 Å². The van der Waals surface area contributed by atoms with Crippen molar-refractivity contribution in [2.24, 2.45) is 5.73 Å². The SMILES string of the molecule is CN(C)c1nc(N)nc(CSC(C)(C)[C@H](N)C(=O)O)n1. The predicted octanol–water partition coefficient (Wildman–Crippen LogP) is -0.0565. The summed E-state index contributed by atoms with van der Waals surface area (Å²) >= 11 is 1.36. The van der Waals surface area contributed by atoms with Crippen molar-refractivity contribution in [1.82, 2.24) is 15.0 Å². The Morgan fingerprint density at radius 1 is 1.40 bits per heavy atom. The highest BCUT2D eigenvalue weighted by atomic mass is 32.2. The minimum atomic E-state index is -1.04. The van der Waals surface area contributed by atoms with Gasteiger partial charge in [-0.25, -0.2) is 0 Å². The van der Waals surface area contributed by atoms with E-state index in [9.17, 15) is 4.79 Å². The summed E-state index contributed by atoms with van der Waals surface area (Å²) < 4.78 is -0.647. The highest BCUT2D eigenvalue weighted by molar-refractivity contribution is 7.99. The van der Waals surface area contributed by atoms with Crippen LogP contribution in [-0.2, 0) is 10.5 Å².